The van der Waals surface area contributed by atoms with Gasteiger partial charge in [-0.05, 0) is 23.8 Å². The lowest BCUT2D eigenvalue weighted by Gasteiger charge is -2.07. The summed E-state index contributed by atoms with van der Waals surface area (Å²) < 4.78 is 17.8. The van der Waals surface area contributed by atoms with Crippen LogP contribution in [0.25, 0.3) is 0 Å². The summed E-state index contributed by atoms with van der Waals surface area (Å²) in [5, 5.41) is 5.12. The Kier molecular flexibility index (Phi) is 4.43. The van der Waals surface area contributed by atoms with Crippen molar-refractivity contribution < 1.29 is 13.9 Å². The lowest BCUT2D eigenvalue weighted by atomic mass is 10.2. The van der Waals surface area contributed by atoms with Crippen LogP contribution >= 0.6 is 0 Å². The van der Waals surface area contributed by atoms with Crippen molar-refractivity contribution in [3.05, 3.63) is 47.9 Å². The van der Waals surface area contributed by atoms with E-state index in [9.17, 15) is 9.18 Å². The predicted octanol–water partition coefficient (Wildman–Crippen LogP) is 1.95. The summed E-state index contributed by atoms with van der Waals surface area (Å²) in [4.78, 5) is 19.4. The third kappa shape index (κ3) is 3.91. The van der Waals surface area contributed by atoms with Gasteiger partial charge in [0.05, 0.1) is 7.11 Å². The first-order valence-electron chi connectivity index (χ1n) is 5.83. The molecular formula is C13H13FN4O2. The van der Waals surface area contributed by atoms with Gasteiger partial charge in [0.15, 0.2) is 0 Å². The second-order valence-corrected chi connectivity index (χ2v) is 3.87. The maximum Gasteiger partial charge on any atom is 0.320 e. The topological polar surface area (TPSA) is 76.1 Å². The van der Waals surface area contributed by atoms with E-state index in [0.29, 0.717) is 11.4 Å². The van der Waals surface area contributed by atoms with Crippen LogP contribution in [0.3, 0.4) is 0 Å². The van der Waals surface area contributed by atoms with Gasteiger partial charge in [-0.1, -0.05) is 12.1 Å². The van der Waals surface area contributed by atoms with Crippen LogP contribution < -0.4 is 15.4 Å². The molecular weight excluding hydrogens is 263 g/mol. The number of rotatable bonds is 4. The molecule has 0 aliphatic heterocycles. The highest BCUT2D eigenvalue weighted by Gasteiger charge is 2.04. The zero-order valence-electron chi connectivity index (χ0n) is 10.8. The standard InChI is InChI=1S/C13H13FN4O2/c1-20-13-15-6-5-11(18-13)17-12(19)16-8-9-3-2-4-10(14)7-9/h2-7H,8H2,1H3,(H2,15,16,17,18,19). The number of benzene rings is 1. The van der Waals surface area contributed by atoms with E-state index in [2.05, 4.69) is 20.6 Å². The van der Waals surface area contributed by atoms with E-state index in [1.54, 1.807) is 12.1 Å². The van der Waals surface area contributed by atoms with Gasteiger partial charge in [0.1, 0.15) is 11.6 Å². The smallest absolute Gasteiger partial charge is 0.320 e. The average molecular weight is 276 g/mol. The van der Waals surface area contributed by atoms with E-state index >= 15 is 0 Å². The minimum Gasteiger partial charge on any atom is -0.467 e. The number of nitrogens with one attached hydrogen (secondary N) is 2. The zero-order chi connectivity index (χ0) is 14.4. The molecule has 2 amide bonds. The number of carbonyl (C=O) groups excluding carboxylic acids is 1. The number of ether oxygens (including phenoxy) is 1. The summed E-state index contributed by atoms with van der Waals surface area (Å²) in [6.07, 6.45) is 1.47. The average Bonchev–Trinajstić information content (AvgIpc) is 2.45. The molecule has 0 saturated heterocycles. The summed E-state index contributed by atoms with van der Waals surface area (Å²) in [5.74, 6) is -0.0289. The van der Waals surface area contributed by atoms with Crippen molar-refractivity contribution in [2.75, 3.05) is 12.4 Å². The van der Waals surface area contributed by atoms with Crippen molar-refractivity contribution in [3.8, 4) is 6.01 Å². The van der Waals surface area contributed by atoms with E-state index in [1.807, 2.05) is 0 Å². The van der Waals surface area contributed by atoms with Crippen LogP contribution in [0.2, 0.25) is 0 Å². The van der Waals surface area contributed by atoms with E-state index in [1.165, 1.54) is 31.5 Å². The number of anilines is 1. The number of amides is 2. The molecule has 1 aromatic heterocycles. The molecule has 0 radical (unpaired) electrons. The molecule has 104 valence electrons. The molecule has 0 saturated carbocycles. The molecule has 1 heterocycles. The number of halogens is 1. The fourth-order valence-electron chi connectivity index (χ4n) is 1.50. The molecule has 6 nitrogen and oxygen atoms in total. The van der Waals surface area contributed by atoms with Crippen molar-refractivity contribution in [1.82, 2.24) is 15.3 Å². The van der Waals surface area contributed by atoms with Crippen LogP contribution in [0, 0.1) is 5.82 Å². The monoisotopic (exact) mass is 276 g/mol. The van der Waals surface area contributed by atoms with E-state index in [0.717, 1.165) is 0 Å². The fourth-order valence-corrected chi connectivity index (χ4v) is 1.50. The van der Waals surface area contributed by atoms with Crippen LogP contribution in [-0.2, 0) is 6.54 Å². The molecule has 0 unspecified atom stereocenters. The first kappa shape index (κ1) is 13.7. The van der Waals surface area contributed by atoms with Crippen molar-refractivity contribution in [2.24, 2.45) is 0 Å². The largest absolute Gasteiger partial charge is 0.467 e. The van der Waals surface area contributed by atoms with Crippen molar-refractivity contribution in [1.29, 1.82) is 0 Å². The summed E-state index contributed by atoms with van der Waals surface area (Å²) in [6.45, 7) is 0.214. The summed E-state index contributed by atoms with van der Waals surface area (Å²) >= 11 is 0. The Labute approximate surface area is 115 Å². The number of hydrogen-bond acceptors (Lipinski definition) is 4. The molecule has 0 aliphatic carbocycles. The van der Waals surface area contributed by atoms with Gasteiger partial charge in [0.2, 0.25) is 0 Å². The Morgan fingerprint density at radius 2 is 2.25 bits per heavy atom. The third-order valence-corrected chi connectivity index (χ3v) is 2.40. The molecule has 0 bridgehead atoms. The summed E-state index contributed by atoms with van der Waals surface area (Å²) in [5.41, 5.74) is 0.667. The van der Waals surface area contributed by atoms with Gasteiger partial charge in [-0.3, -0.25) is 5.32 Å². The quantitative estimate of drug-likeness (QED) is 0.894. The minimum absolute atomic E-state index is 0.160. The van der Waals surface area contributed by atoms with Crippen molar-refractivity contribution in [3.63, 3.8) is 0 Å². The molecule has 1 aromatic carbocycles. The molecule has 2 rings (SSSR count). The molecule has 7 heteroatoms. The minimum atomic E-state index is -0.449. The van der Waals surface area contributed by atoms with Crippen LogP contribution in [0.4, 0.5) is 15.0 Å². The van der Waals surface area contributed by atoms with Gasteiger partial charge < -0.3 is 10.1 Å². The third-order valence-electron chi connectivity index (χ3n) is 2.40. The number of methoxy groups -OCH3 is 1. The molecule has 0 fully saturated rings. The molecule has 2 aromatic rings. The van der Waals surface area contributed by atoms with Crippen molar-refractivity contribution in [2.45, 2.75) is 6.54 Å². The molecule has 20 heavy (non-hydrogen) atoms. The highest BCUT2D eigenvalue weighted by atomic mass is 19.1. The Morgan fingerprint density at radius 1 is 1.40 bits per heavy atom. The summed E-state index contributed by atoms with van der Waals surface area (Å²) in [6, 6.07) is 7.24. The van der Waals surface area contributed by atoms with Gasteiger partial charge in [0.25, 0.3) is 0 Å². The fraction of sp³-hybridized carbons (Fsp3) is 0.154. The normalized spacial score (nSPS) is 9.90. The SMILES string of the molecule is COc1nccc(NC(=O)NCc2cccc(F)c2)n1. The second kappa shape index (κ2) is 6.46. The Hall–Kier alpha value is -2.70. The Bertz CT molecular complexity index is 606. The number of aromatic nitrogens is 2. The summed E-state index contributed by atoms with van der Waals surface area (Å²) in [7, 11) is 1.43. The number of urea groups is 1. The van der Waals surface area contributed by atoms with E-state index in [-0.39, 0.29) is 18.4 Å². The number of nitrogens with zero attached hydrogens (tertiary/aromatic N) is 2. The molecule has 0 aliphatic rings. The molecule has 2 N–H and O–H groups in total. The van der Waals surface area contributed by atoms with Gasteiger partial charge in [-0.25, -0.2) is 14.2 Å². The predicted molar refractivity (Wildman–Crippen MR) is 70.8 cm³/mol. The van der Waals surface area contributed by atoms with E-state index in [4.69, 9.17) is 4.74 Å². The van der Waals surface area contributed by atoms with Gasteiger partial charge in [-0.2, -0.15) is 4.98 Å². The van der Waals surface area contributed by atoms with Crippen LogP contribution in [0.5, 0.6) is 6.01 Å². The Balaban J connectivity index is 1.89. The highest BCUT2D eigenvalue weighted by Crippen LogP contribution is 2.07. The van der Waals surface area contributed by atoms with E-state index < -0.39 is 6.03 Å². The van der Waals surface area contributed by atoms with Crippen LogP contribution in [0.1, 0.15) is 5.56 Å². The molecule has 0 spiro atoms. The zero-order valence-corrected chi connectivity index (χ0v) is 10.8. The van der Waals surface area contributed by atoms with Crippen LogP contribution in [0.15, 0.2) is 36.5 Å². The lowest BCUT2D eigenvalue weighted by Crippen LogP contribution is -2.28. The number of hydrogen-bond donors (Lipinski definition) is 2. The molecule has 0 atom stereocenters. The van der Waals surface area contributed by atoms with Gasteiger partial charge in [0, 0.05) is 12.7 Å². The first-order chi connectivity index (χ1) is 9.67. The van der Waals surface area contributed by atoms with Crippen LogP contribution in [-0.4, -0.2) is 23.1 Å². The number of carbonyl (C=O) groups is 1. The maximum absolute atomic E-state index is 13.0. The first-order valence-corrected chi connectivity index (χ1v) is 5.83. The van der Waals surface area contributed by atoms with Crippen molar-refractivity contribution >= 4 is 11.8 Å². The highest BCUT2D eigenvalue weighted by molar-refractivity contribution is 5.88. The van der Waals surface area contributed by atoms with Gasteiger partial charge >= 0.3 is 12.0 Å². The Morgan fingerprint density at radius 3 is 3.00 bits per heavy atom. The van der Waals surface area contributed by atoms with Gasteiger partial charge in [-0.15, -0.1) is 0 Å². The second-order valence-electron chi connectivity index (χ2n) is 3.87. The maximum atomic E-state index is 13.0. The lowest BCUT2D eigenvalue weighted by molar-refractivity contribution is 0.251.